The Hall–Kier alpha value is -3.94. The molecule has 4 aromatic rings. The third-order valence-corrected chi connectivity index (χ3v) is 4.95. The molecule has 2 aromatic heterocycles. The molecule has 158 valence electrons. The quantitative estimate of drug-likeness (QED) is 0.280. The van der Waals surface area contributed by atoms with Gasteiger partial charge in [-0.05, 0) is 25.5 Å². The lowest BCUT2D eigenvalue weighted by Gasteiger charge is -2.19. The molecule has 0 bridgehead atoms. The second-order valence-electron chi connectivity index (χ2n) is 6.95. The summed E-state index contributed by atoms with van der Waals surface area (Å²) in [6.07, 6.45) is 3.69. The first-order chi connectivity index (χ1) is 15.3. The lowest BCUT2D eigenvalue weighted by molar-refractivity contribution is 0.812. The molecule has 0 saturated carbocycles. The Morgan fingerprint density at radius 3 is 2.48 bits per heavy atom. The maximum Gasteiger partial charge on any atom is 0.250 e. The largest absolute Gasteiger partial charge is 0.361 e. The Morgan fingerprint density at radius 1 is 0.935 bits per heavy atom. The molecular formula is C23H26N8. The number of benzene rings is 2. The number of hydrogen-bond acceptors (Lipinski definition) is 7. The van der Waals surface area contributed by atoms with Crippen molar-refractivity contribution in [3.63, 3.8) is 0 Å². The molecule has 0 aliphatic carbocycles. The van der Waals surface area contributed by atoms with Crippen molar-refractivity contribution in [2.45, 2.75) is 20.4 Å². The highest BCUT2D eigenvalue weighted by atomic mass is 15.4. The van der Waals surface area contributed by atoms with E-state index in [0.717, 1.165) is 35.1 Å². The van der Waals surface area contributed by atoms with Crippen molar-refractivity contribution in [3.05, 3.63) is 71.9 Å². The SMILES string of the molecule is CCN(CC)c1nc(NCc2ccccc2)nc(N/N=C/c2c[nH]c3ccccc23)n1. The summed E-state index contributed by atoms with van der Waals surface area (Å²) in [4.78, 5) is 18.9. The van der Waals surface area contributed by atoms with Gasteiger partial charge in [-0.2, -0.15) is 20.1 Å². The number of nitrogens with zero attached hydrogens (tertiary/aromatic N) is 5. The number of hydrogen-bond donors (Lipinski definition) is 3. The Balaban J connectivity index is 1.54. The van der Waals surface area contributed by atoms with Crippen LogP contribution in [-0.2, 0) is 6.54 Å². The number of H-pyrrole nitrogens is 1. The van der Waals surface area contributed by atoms with Gasteiger partial charge in [0.1, 0.15) is 0 Å². The van der Waals surface area contributed by atoms with Gasteiger partial charge < -0.3 is 15.2 Å². The van der Waals surface area contributed by atoms with Crippen LogP contribution >= 0.6 is 0 Å². The van der Waals surface area contributed by atoms with Crippen molar-refractivity contribution < 1.29 is 0 Å². The fourth-order valence-corrected chi connectivity index (χ4v) is 3.28. The van der Waals surface area contributed by atoms with E-state index < -0.39 is 0 Å². The van der Waals surface area contributed by atoms with Crippen LogP contribution in [-0.4, -0.2) is 39.2 Å². The summed E-state index contributed by atoms with van der Waals surface area (Å²) in [6, 6.07) is 18.2. The molecule has 3 N–H and O–H groups in total. The molecule has 0 atom stereocenters. The molecule has 0 unspecified atom stereocenters. The van der Waals surface area contributed by atoms with Crippen LogP contribution < -0.4 is 15.6 Å². The van der Waals surface area contributed by atoms with Gasteiger partial charge in [-0.3, -0.25) is 0 Å². The van der Waals surface area contributed by atoms with E-state index >= 15 is 0 Å². The van der Waals surface area contributed by atoms with Gasteiger partial charge in [-0.1, -0.05) is 48.5 Å². The highest BCUT2D eigenvalue weighted by molar-refractivity contribution is 5.99. The first kappa shape index (κ1) is 20.3. The van der Waals surface area contributed by atoms with Crippen LogP contribution in [0.2, 0.25) is 0 Å². The number of aromatic nitrogens is 4. The van der Waals surface area contributed by atoms with Gasteiger partial charge >= 0.3 is 0 Å². The number of nitrogens with one attached hydrogen (secondary N) is 3. The van der Waals surface area contributed by atoms with Crippen molar-refractivity contribution in [1.82, 2.24) is 19.9 Å². The van der Waals surface area contributed by atoms with Gasteiger partial charge in [0.15, 0.2) is 0 Å². The van der Waals surface area contributed by atoms with E-state index in [2.05, 4.69) is 72.7 Å². The van der Waals surface area contributed by atoms with E-state index in [-0.39, 0.29) is 0 Å². The molecule has 0 radical (unpaired) electrons. The first-order valence-electron chi connectivity index (χ1n) is 10.4. The topological polar surface area (TPSA) is 94.1 Å². The van der Waals surface area contributed by atoms with Gasteiger partial charge in [0.05, 0.1) is 6.21 Å². The van der Waals surface area contributed by atoms with Gasteiger partial charge in [0.2, 0.25) is 17.8 Å². The maximum absolute atomic E-state index is 4.59. The summed E-state index contributed by atoms with van der Waals surface area (Å²) >= 11 is 0. The smallest absolute Gasteiger partial charge is 0.250 e. The van der Waals surface area contributed by atoms with Crippen molar-refractivity contribution in [2.75, 3.05) is 28.7 Å². The predicted octanol–water partition coefficient (Wildman–Crippen LogP) is 4.26. The van der Waals surface area contributed by atoms with Gasteiger partial charge in [-0.15, -0.1) is 0 Å². The van der Waals surface area contributed by atoms with Gasteiger partial charge in [0, 0.05) is 42.3 Å². The van der Waals surface area contributed by atoms with Gasteiger partial charge in [-0.25, -0.2) is 5.43 Å². The van der Waals surface area contributed by atoms with Crippen molar-refractivity contribution in [1.29, 1.82) is 0 Å². The molecule has 0 saturated heterocycles. The molecule has 0 aliphatic heterocycles. The lowest BCUT2D eigenvalue weighted by Crippen LogP contribution is -2.25. The number of hydrazone groups is 1. The van der Waals surface area contributed by atoms with E-state index in [4.69, 9.17) is 0 Å². The van der Waals surface area contributed by atoms with Crippen LogP contribution in [0.1, 0.15) is 25.0 Å². The number of fused-ring (bicyclic) bond motifs is 1. The summed E-state index contributed by atoms with van der Waals surface area (Å²) < 4.78 is 0. The van der Waals surface area contributed by atoms with Crippen LogP contribution in [0.5, 0.6) is 0 Å². The van der Waals surface area contributed by atoms with Crippen molar-refractivity contribution in [2.24, 2.45) is 5.10 Å². The van der Waals surface area contributed by atoms with Crippen LogP contribution in [0.15, 0.2) is 65.9 Å². The molecule has 0 fully saturated rings. The molecule has 4 rings (SSSR count). The molecule has 0 spiro atoms. The average Bonchev–Trinajstić information content (AvgIpc) is 3.22. The van der Waals surface area contributed by atoms with Crippen LogP contribution in [0.25, 0.3) is 10.9 Å². The first-order valence-corrected chi connectivity index (χ1v) is 10.4. The fraction of sp³-hybridized carbons (Fsp3) is 0.217. The zero-order valence-electron chi connectivity index (χ0n) is 17.7. The molecule has 8 heteroatoms. The number of aromatic amines is 1. The third-order valence-electron chi connectivity index (χ3n) is 4.95. The fourth-order valence-electron chi connectivity index (χ4n) is 3.28. The minimum absolute atomic E-state index is 0.392. The Kier molecular flexibility index (Phi) is 6.37. The Bertz CT molecular complexity index is 1150. The minimum atomic E-state index is 0.392. The number of para-hydroxylation sites is 1. The Morgan fingerprint density at radius 2 is 1.68 bits per heavy atom. The van der Waals surface area contributed by atoms with Crippen LogP contribution in [0.3, 0.4) is 0 Å². The zero-order valence-corrected chi connectivity index (χ0v) is 17.7. The summed E-state index contributed by atoms with van der Waals surface area (Å²) in [5.41, 5.74) is 6.17. The summed E-state index contributed by atoms with van der Waals surface area (Å²) in [5.74, 6) is 1.51. The summed E-state index contributed by atoms with van der Waals surface area (Å²) in [6.45, 7) is 6.38. The molecular weight excluding hydrogens is 388 g/mol. The van der Waals surface area contributed by atoms with E-state index in [1.807, 2.05) is 42.6 Å². The summed E-state index contributed by atoms with van der Waals surface area (Å²) in [7, 11) is 0. The normalized spacial score (nSPS) is 11.2. The maximum atomic E-state index is 4.59. The summed E-state index contributed by atoms with van der Waals surface area (Å²) in [5, 5.41) is 8.75. The lowest BCUT2D eigenvalue weighted by atomic mass is 10.2. The van der Waals surface area contributed by atoms with Crippen LogP contribution in [0.4, 0.5) is 17.8 Å². The van der Waals surface area contributed by atoms with E-state index in [1.165, 1.54) is 0 Å². The number of rotatable bonds is 9. The molecule has 2 heterocycles. The van der Waals surface area contributed by atoms with E-state index in [0.29, 0.717) is 24.4 Å². The molecule has 2 aromatic carbocycles. The standard InChI is InChI=1S/C23H26N8/c1-3-31(4-2)23-28-21(25-14-17-10-6-5-7-11-17)27-22(29-23)30-26-16-18-15-24-20-13-9-8-12-19(18)20/h5-13,15-16,24H,3-4,14H2,1-2H3,(H2,25,27,28,29,30)/b26-16+. The minimum Gasteiger partial charge on any atom is -0.361 e. The predicted molar refractivity (Wildman–Crippen MR) is 127 cm³/mol. The average molecular weight is 415 g/mol. The molecule has 0 aliphatic rings. The molecule has 31 heavy (non-hydrogen) atoms. The highest BCUT2D eigenvalue weighted by Crippen LogP contribution is 2.17. The van der Waals surface area contributed by atoms with Gasteiger partial charge in [0.25, 0.3) is 0 Å². The van der Waals surface area contributed by atoms with Crippen molar-refractivity contribution >= 4 is 35.0 Å². The molecule has 0 amide bonds. The second kappa shape index (κ2) is 9.71. The highest BCUT2D eigenvalue weighted by Gasteiger charge is 2.11. The van der Waals surface area contributed by atoms with Crippen molar-refractivity contribution in [3.8, 4) is 0 Å². The third kappa shape index (κ3) is 4.98. The monoisotopic (exact) mass is 414 g/mol. The zero-order chi connectivity index (χ0) is 21.5. The second-order valence-corrected chi connectivity index (χ2v) is 6.95. The van der Waals surface area contributed by atoms with E-state index in [9.17, 15) is 0 Å². The van der Waals surface area contributed by atoms with Crippen LogP contribution in [0, 0.1) is 0 Å². The molecule has 8 nitrogen and oxygen atoms in total. The Labute approximate surface area is 181 Å². The van der Waals surface area contributed by atoms with E-state index in [1.54, 1.807) is 6.21 Å². The number of anilines is 3.